The third-order valence-corrected chi connectivity index (χ3v) is 3.46. The number of likely N-dealkylation sites (tertiary alicyclic amines) is 1. The van der Waals surface area contributed by atoms with Crippen LogP contribution >= 0.6 is 0 Å². The Bertz CT molecular complexity index is 470. The molecule has 0 aliphatic carbocycles. The predicted molar refractivity (Wildman–Crippen MR) is 82.0 cm³/mol. The van der Waals surface area contributed by atoms with E-state index in [1.807, 2.05) is 39.0 Å². The van der Waals surface area contributed by atoms with Crippen LogP contribution in [0.2, 0.25) is 0 Å². The molecule has 0 radical (unpaired) electrons. The summed E-state index contributed by atoms with van der Waals surface area (Å²) >= 11 is 0. The summed E-state index contributed by atoms with van der Waals surface area (Å²) in [4.78, 5) is 18.2. The fraction of sp³-hybridized carbons (Fsp3) is 0.625. The van der Waals surface area contributed by atoms with E-state index in [-0.39, 0.29) is 18.2 Å². The summed E-state index contributed by atoms with van der Waals surface area (Å²) < 4.78 is 5.41. The van der Waals surface area contributed by atoms with E-state index in [0.717, 1.165) is 18.7 Å². The van der Waals surface area contributed by atoms with Crippen molar-refractivity contribution in [1.82, 2.24) is 15.2 Å². The van der Waals surface area contributed by atoms with Crippen LogP contribution in [0.3, 0.4) is 0 Å². The summed E-state index contributed by atoms with van der Waals surface area (Å²) in [6.45, 7) is 9.19. The fourth-order valence-corrected chi connectivity index (χ4v) is 2.46. The van der Waals surface area contributed by atoms with E-state index in [1.54, 1.807) is 11.1 Å². The van der Waals surface area contributed by atoms with Crippen LogP contribution in [0.4, 0.5) is 4.79 Å². The predicted octanol–water partition coefficient (Wildman–Crippen LogP) is 2.74. The molecule has 1 N–H and O–H groups in total. The minimum atomic E-state index is -0.441. The molecule has 2 heterocycles. The number of rotatable bonds is 3. The monoisotopic (exact) mass is 291 g/mol. The van der Waals surface area contributed by atoms with E-state index in [4.69, 9.17) is 4.74 Å². The Morgan fingerprint density at radius 2 is 2.24 bits per heavy atom. The van der Waals surface area contributed by atoms with Gasteiger partial charge in [0.25, 0.3) is 0 Å². The van der Waals surface area contributed by atoms with Gasteiger partial charge in [-0.2, -0.15) is 0 Å². The first-order chi connectivity index (χ1) is 9.85. The van der Waals surface area contributed by atoms with Gasteiger partial charge < -0.3 is 15.0 Å². The molecule has 2 unspecified atom stereocenters. The lowest BCUT2D eigenvalue weighted by Gasteiger charge is -2.25. The molecule has 0 saturated carbocycles. The van der Waals surface area contributed by atoms with Crippen molar-refractivity contribution in [2.45, 2.75) is 51.8 Å². The third kappa shape index (κ3) is 4.70. The largest absolute Gasteiger partial charge is 0.444 e. The molecule has 1 aromatic rings. The van der Waals surface area contributed by atoms with Gasteiger partial charge in [-0.05, 0) is 46.2 Å². The minimum absolute atomic E-state index is 0.176. The molecule has 0 bridgehead atoms. The number of hydrogen-bond donors (Lipinski definition) is 1. The standard InChI is InChI=1S/C16H25N3O2/c1-12(14-7-5-6-9-17-14)18-13-8-10-19(11-13)15(20)21-16(2,3)4/h5-7,9,12-13,18H,8,10-11H2,1-4H3. The SMILES string of the molecule is CC(NC1CCN(C(=O)OC(C)(C)C)C1)c1ccccn1. The second-order valence-corrected chi connectivity index (χ2v) is 6.55. The Balaban J connectivity index is 1.84. The van der Waals surface area contributed by atoms with E-state index < -0.39 is 5.60 Å². The molecule has 1 saturated heterocycles. The van der Waals surface area contributed by atoms with Crippen molar-refractivity contribution in [3.8, 4) is 0 Å². The van der Waals surface area contributed by atoms with Crippen molar-refractivity contribution in [1.29, 1.82) is 0 Å². The highest BCUT2D eigenvalue weighted by atomic mass is 16.6. The Morgan fingerprint density at radius 1 is 1.48 bits per heavy atom. The number of aromatic nitrogens is 1. The molecule has 116 valence electrons. The molecular formula is C16H25N3O2. The lowest BCUT2D eigenvalue weighted by Crippen LogP contribution is -2.39. The van der Waals surface area contributed by atoms with E-state index >= 15 is 0 Å². The summed E-state index contributed by atoms with van der Waals surface area (Å²) in [6.07, 6.45) is 2.52. The summed E-state index contributed by atoms with van der Waals surface area (Å²) in [5.41, 5.74) is 0.581. The van der Waals surface area contributed by atoms with Gasteiger partial charge in [-0.1, -0.05) is 6.07 Å². The first-order valence-electron chi connectivity index (χ1n) is 7.50. The zero-order chi connectivity index (χ0) is 15.5. The summed E-state index contributed by atoms with van der Waals surface area (Å²) in [6, 6.07) is 6.38. The summed E-state index contributed by atoms with van der Waals surface area (Å²) in [5.74, 6) is 0. The fourth-order valence-electron chi connectivity index (χ4n) is 2.46. The Labute approximate surface area is 126 Å². The van der Waals surface area contributed by atoms with Gasteiger partial charge >= 0.3 is 6.09 Å². The molecule has 2 rings (SSSR count). The van der Waals surface area contributed by atoms with Gasteiger partial charge in [0.15, 0.2) is 0 Å². The molecular weight excluding hydrogens is 266 g/mol. The normalized spacial score (nSPS) is 20.4. The van der Waals surface area contributed by atoms with Crippen LogP contribution in [-0.2, 0) is 4.74 Å². The van der Waals surface area contributed by atoms with Gasteiger partial charge in [0, 0.05) is 31.4 Å². The molecule has 5 nitrogen and oxygen atoms in total. The van der Waals surface area contributed by atoms with Gasteiger partial charge in [-0.15, -0.1) is 0 Å². The van der Waals surface area contributed by atoms with E-state index in [2.05, 4.69) is 17.2 Å². The van der Waals surface area contributed by atoms with Crippen LogP contribution in [0, 0.1) is 0 Å². The lowest BCUT2D eigenvalue weighted by molar-refractivity contribution is 0.0290. The average Bonchev–Trinajstić information content (AvgIpc) is 2.86. The zero-order valence-electron chi connectivity index (χ0n) is 13.3. The minimum Gasteiger partial charge on any atom is -0.444 e. The molecule has 0 aromatic carbocycles. The molecule has 2 atom stereocenters. The van der Waals surface area contributed by atoms with Gasteiger partial charge in [0.2, 0.25) is 0 Å². The molecule has 5 heteroatoms. The van der Waals surface area contributed by atoms with Crippen LogP contribution < -0.4 is 5.32 Å². The van der Waals surface area contributed by atoms with Crippen molar-refractivity contribution >= 4 is 6.09 Å². The molecule has 21 heavy (non-hydrogen) atoms. The molecule has 1 aliphatic rings. The second-order valence-electron chi connectivity index (χ2n) is 6.55. The Morgan fingerprint density at radius 3 is 2.86 bits per heavy atom. The number of carbonyl (C=O) groups is 1. The van der Waals surface area contributed by atoms with Crippen molar-refractivity contribution in [3.05, 3.63) is 30.1 Å². The first-order valence-corrected chi connectivity index (χ1v) is 7.50. The van der Waals surface area contributed by atoms with Gasteiger partial charge in [-0.3, -0.25) is 4.98 Å². The van der Waals surface area contributed by atoms with Crippen LogP contribution in [0.25, 0.3) is 0 Å². The van der Waals surface area contributed by atoms with E-state index in [1.165, 1.54) is 0 Å². The summed E-state index contributed by atoms with van der Waals surface area (Å²) in [7, 11) is 0. The van der Waals surface area contributed by atoms with Crippen molar-refractivity contribution in [2.24, 2.45) is 0 Å². The zero-order valence-corrected chi connectivity index (χ0v) is 13.3. The maximum Gasteiger partial charge on any atom is 0.410 e. The molecule has 1 amide bonds. The number of carbonyl (C=O) groups excluding carboxylic acids is 1. The number of hydrogen-bond acceptors (Lipinski definition) is 4. The highest BCUT2D eigenvalue weighted by Gasteiger charge is 2.30. The third-order valence-electron chi connectivity index (χ3n) is 3.46. The van der Waals surface area contributed by atoms with Gasteiger partial charge in [-0.25, -0.2) is 4.79 Å². The Hall–Kier alpha value is -1.62. The average molecular weight is 291 g/mol. The van der Waals surface area contributed by atoms with Crippen LogP contribution in [-0.4, -0.2) is 40.7 Å². The first kappa shape index (κ1) is 15.8. The van der Waals surface area contributed by atoms with E-state index in [9.17, 15) is 4.79 Å². The Kier molecular flexibility index (Phi) is 4.83. The van der Waals surface area contributed by atoms with Gasteiger partial charge in [0.1, 0.15) is 5.60 Å². The van der Waals surface area contributed by atoms with Crippen molar-refractivity contribution in [2.75, 3.05) is 13.1 Å². The molecule has 1 aliphatic heterocycles. The number of nitrogens with zero attached hydrogens (tertiary/aromatic N) is 2. The van der Waals surface area contributed by atoms with Crippen LogP contribution in [0.1, 0.15) is 45.9 Å². The highest BCUT2D eigenvalue weighted by Crippen LogP contribution is 2.18. The number of pyridine rings is 1. The topological polar surface area (TPSA) is 54.5 Å². The highest BCUT2D eigenvalue weighted by molar-refractivity contribution is 5.68. The maximum absolute atomic E-state index is 12.0. The number of amides is 1. The van der Waals surface area contributed by atoms with Crippen molar-refractivity contribution < 1.29 is 9.53 Å². The van der Waals surface area contributed by atoms with Crippen molar-refractivity contribution in [3.63, 3.8) is 0 Å². The number of ether oxygens (including phenoxy) is 1. The quantitative estimate of drug-likeness (QED) is 0.930. The molecule has 1 fully saturated rings. The summed E-state index contributed by atoms with van der Waals surface area (Å²) in [5, 5.41) is 3.53. The lowest BCUT2D eigenvalue weighted by atomic mass is 10.1. The van der Waals surface area contributed by atoms with E-state index in [0.29, 0.717) is 6.54 Å². The molecule has 1 aromatic heterocycles. The van der Waals surface area contributed by atoms with Crippen LogP contribution in [0.5, 0.6) is 0 Å². The number of nitrogens with one attached hydrogen (secondary N) is 1. The smallest absolute Gasteiger partial charge is 0.410 e. The van der Waals surface area contributed by atoms with Crippen LogP contribution in [0.15, 0.2) is 24.4 Å². The van der Waals surface area contributed by atoms with Gasteiger partial charge in [0.05, 0.1) is 5.69 Å². The maximum atomic E-state index is 12.0. The molecule has 0 spiro atoms. The second kappa shape index (κ2) is 6.43.